The Balaban J connectivity index is 3.04. The zero-order valence-corrected chi connectivity index (χ0v) is 19.3. The summed E-state index contributed by atoms with van der Waals surface area (Å²) in [5, 5.41) is 25.9. The van der Waals surface area contributed by atoms with Gasteiger partial charge in [-0.1, -0.05) is 26.0 Å². The fraction of sp³-hybridized carbons (Fsp3) is 0.545. The molecular weight excluding hydrogens is 418 g/mol. The molecule has 1 aromatic rings. The minimum Gasteiger partial charge on any atom is -0.508 e. The summed E-state index contributed by atoms with van der Waals surface area (Å²) in [6.07, 6.45) is -0.731. The fourth-order valence-electron chi connectivity index (χ4n) is 2.68. The van der Waals surface area contributed by atoms with E-state index >= 15 is 0 Å². The van der Waals surface area contributed by atoms with Crippen molar-refractivity contribution in [1.29, 1.82) is 0 Å². The summed E-state index contributed by atoms with van der Waals surface area (Å²) in [6, 6.07) is 2.88. The number of hydrogen-bond acceptors (Lipinski definition) is 6. The Morgan fingerprint density at radius 1 is 0.938 bits per heavy atom. The summed E-state index contributed by atoms with van der Waals surface area (Å²) in [7, 11) is 0. The van der Waals surface area contributed by atoms with E-state index in [0.717, 1.165) is 0 Å². The van der Waals surface area contributed by atoms with Crippen LogP contribution in [0.5, 0.6) is 5.75 Å². The quantitative estimate of drug-likeness (QED) is 0.382. The highest BCUT2D eigenvalue weighted by molar-refractivity contribution is 5.93. The molecule has 10 heteroatoms. The van der Waals surface area contributed by atoms with Crippen molar-refractivity contribution in [2.45, 2.75) is 71.7 Å². The predicted molar refractivity (Wildman–Crippen MR) is 117 cm³/mol. The average Bonchev–Trinajstić information content (AvgIpc) is 2.65. The van der Waals surface area contributed by atoms with Crippen molar-refractivity contribution in [1.82, 2.24) is 16.0 Å². The number of benzene rings is 1. The number of nitrogens with one attached hydrogen (secondary N) is 3. The highest BCUT2D eigenvalue weighted by Crippen LogP contribution is 2.13. The van der Waals surface area contributed by atoms with E-state index in [2.05, 4.69) is 16.0 Å². The number of carbonyl (C=O) groups excluding carboxylic acids is 3. The second-order valence-electron chi connectivity index (χ2n) is 8.87. The van der Waals surface area contributed by atoms with E-state index in [4.69, 9.17) is 9.84 Å². The van der Waals surface area contributed by atoms with Gasteiger partial charge in [-0.05, 0) is 51.3 Å². The minimum absolute atomic E-state index is 0.0546. The van der Waals surface area contributed by atoms with E-state index in [9.17, 15) is 24.3 Å². The van der Waals surface area contributed by atoms with Gasteiger partial charge in [0.25, 0.3) is 0 Å². The van der Waals surface area contributed by atoms with Crippen LogP contribution in [0.3, 0.4) is 0 Å². The highest BCUT2D eigenvalue weighted by atomic mass is 16.6. The number of rotatable bonds is 9. The normalized spacial score (nSPS) is 14.1. The first-order chi connectivity index (χ1) is 14.7. The molecule has 3 atom stereocenters. The molecule has 32 heavy (non-hydrogen) atoms. The first-order valence-electron chi connectivity index (χ1n) is 10.3. The van der Waals surface area contributed by atoms with Gasteiger partial charge < -0.3 is 30.9 Å². The summed E-state index contributed by atoms with van der Waals surface area (Å²) >= 11 is 0. The summed E-state index contributed by atoms with van der Waals surface area (Å²) in [6.45, 7) is 9.77. The molecule has 0 aromatic heterocycles. The Bertz CT molecular complexity index is 816. The van der Waals surface area contributed by atoms with Crippen LogP contribution in [-0.2, 0) is 25.5 Å². The molecule has 0 saturated carbocycles. The Kier molecular flexibility index (Phi) is 9.49. The van der Waals surface area contributed by atoms with E-state index < -0.39 is 47.6 Å². The second-order valence-corrected chi connectivity index (χ2v) is 8.87. The standard InChI is InChI=1S/C22H33N3O7/c1-12(2)17(19(28)23-13(3)20(29)30)25-18(27)16(24-21(31)32-22(4,5)6)11-14-7-9-15(26)10-8-14/h7-10,12-13,16-17,26H,11H2,1-6H3,(H,23,28)(H,24,31)(H,25,27)(H,29,30)/t13-,16-,17-/m0/s1. The third kappa shape index (κ3) is 9.23. The van der Waals surface area contributed by atoms with Crippen molar-refractivity contribution in [2.75, 3.05) is 0 Å². The number of carbonyl (C=O) groups is 4. The smallest absolute Gasteiger partial charge is 0.408 e. The number of aromatic hydroxyl groups is 1. The number of phenolic OH excluding ortho intramolecular Hbond substituents is 1. The van der Waals surface area contributed by atoms with Gasteiger partial charge in [0, 0.05) is 6.42 Å². The summed E-state index contributed by atoms with van der Waals surface area (Å²) in [4.78, 5) is 48.9. The van der Waals surface area contributed by atoms with Crippen LogP contribution in [0.1, 0.15) is 47.1 Å². The third-order valence-electron chi connectivity index (χ3n) is 4.36. The predicted octanol–water partition coefficient (Wildman–Crippen LogP) is 1.56. The Morgan fingerprint density at radius 3 is 1.97 bits per heavy atom. The van der Waals surface area contributed by atoms with Crippen LogP contribution in [0.15, 0.2) is 24.3 Å². The lowest BCUT2D eigenvalue weighted by atomic mass is 10.0. The second kappa shape index (κ2) is 11.4. The lowest BCUT2D eigenvalue weighted by molar-refractivity contribution is -0.142. The zero-order valence-electron chi connectivity index (χ0n) is 19.3. The first-order valence-corrected chi connectivity index (χ1v) is 10.3. The van der Waals surface area contributed by atoms with Gasteiger partial charge in [-0.2, -0.15) is 0 Å². The van der Waals surface area contributed by atoms with Gasteiger partial charge in [-0.3, -0.25) is 14.4 Å². The molecule has 0 saturated heterocycles. The molecule has 1 rings (SSSR count). The Labute approximate surface area is 187 Å². The lowest BCUT2D eigenvalue weighted by Gasteiger charge is -2.27. The van der Waals surface area contributed by atoms with Gasteiger partial charge in [0.05, 0.1) is 0 Å². The van der Waals surface area contributed by atoms with Crippen molar-refractivity contribution in [3.63, 3.8) is 0 Å². The number of alkyl carbamates (subject to hydrolysis) is 1. The molecule has 0 heterocycles. The molecule has 0 radical (unpaired) electrons. The third-order valence-corrected chi connectivity index (χ3v) is 4.36. The molecule has 0 unspecified atom stereocenters. The summed E-state index contributed by atoms with van der Waals surface area (Å²) in [5.41, 5.74) is -0.124. The van der Waals surface area contributed by atoms with E-state index in [1.165, 1.54) is 19.1 Å². The number of phenols is 1. The van der Waals surface area contributed by atoms with Crippen molar-refractivity contribution in [2.24, 2.45) is 5.92 Å². The van der Waals surface area contributed by atoms with Gasteiger partial charge >= 0.3 is 12.1 Å². The number of ether oxygens (including phenoxy) is 1. The number of carboxylic acids is 1. The van der Waals surface area contributed by atoms with Gasteiger partial charge in [0.2, 0.25) is 11.8 Å². The van der Waals surface area contributed by atoms with Gasteiger partial charge in [0.1, 0.15) is 29.5 Å². The molecule has 0 bridgehead atoms. The van der Waals surface area contributed by atoms with Gasteiger partial charge in [0.15, 0.2) is 0 Å². The molecule has 1 aromatic carbocycles. The molecule has 0 aliphatic heterocycles. The maximum absolute atomic E-state index is 13.0. The fourth-order valence-corrected chi connectivity index (χ4v) is 2.68. The Hall–Kier alpha value is -3.30. The van der Waals surface area contributed by atoms with Crippen LogP contribution in [0.4, 0.5) is 4.79 Å². The van der Waals surface area contributed by atoms with Crippen molar-refractivity contribution >= 4 is 23.9 Å². The van der Waals surface area contributed by atoms with Gasteiger partial charge in [-0.15, -0.1) is 0 Å². The molecule has 178 valence electrons. The molecular formula is C22H33N3O7. The monoisotopic (exact) mass is 451 g/mol. The van der Waals surface area contributed by atoms with E-state index in [1.807, 2.05) is 0 Å². The first kappa shape index (κ1) is 26.7. The van der Waals surface area contributed by atoms with Crippen molar-refractivity contribution < 1.29 is 34.1 Å². The number of amides is 3. The minimum atomic E-state index is -1.20. The molecule has 0 fully saturated rings. The topological polar surface area (TPSA) is 154 Å². The van der Waals surface area contributed by atoms with Crippen LogP contribution in [0.25, 0.3) is 0 Å². The largest absolute Gasteiger partial charge is 0.508 e. The van der Waals surface area contributed by atoms with Gasteiger partial charge in [-0.25, -0.2) is 4.79 Å². The molecule has 5 N–H and O–H groups in total. The summed E-state index contributed by atoms with van der Waals surface area (Å²) < 4.78 is 5.24. The number of aliphatic carboxylic acids is 1. The maximum Gasteiger partial charge on any atom is 0.408 e. The van der Waals surface area contributed by atoms with E-state index in [0.29, 0.717) is 5.56 Å². The van der Waals surface area contributed by atoms with E-state index in [1.54, 1.807) is 46.8 Å². The average molecular weight is 452 g/mol. The van der Waals surface area contributed by atoms with Crippen LogP contribution >= 0.6 is 0 Å². The zero-order chi connectivity index (χ0) is 24.6. The molecule has 0 aliphatic rings. The van der Waals surface area contributed by atoms with Crippen LogP contribution in [0.2, 0.25) is 0 Å². The van der Waals surface area contributed by atoms with Crippen LogP contribution < -0.4 is 16.0 Å². The van der Waals surface area contributed by atoms with Crippen molar-refractivity contribution in [3.8, 4) is 5.75 Å². The summed E-state index contributed by atoms with van der Waals surface area (Å²) in [5.74, 6) is -2.79. The van der Waals surface area contributed by atoms with Crippen LogP contribution in [-0.4, -0.2) is 57.8 Å². The number of carboxylic acid groups (broad SMARTS) is 1. The molecule has 0 aliphatic carbocycles. The van der Waals surface area contributed by atoms with Crippen molar-refractivity contribution in [3.05, 3.63) is 29.8 Å². The maximum atomic E-state index is 13.0. The molecule has 10 nitrogen and oxygen atoms in total. The Morgan fingerprint density at radius 2 is 1.50 bits per heavy atom. The highest BCUT2D eigenvalue weighted by Gasteiger charge is 2.31. The SMILES string of the molecule is CC(C)[C@H](NC(=O)[C@H](Cc1ccc(O)cc1)NC(=O)OC(C)(C)C)C(=O)N[C@@H](C)C(=O)O. The van der Waals surface area contributed by atoms with E-state index in [-0.39, 0.29) is 18.1 Å². The molecule has 0 spiro atoms. The number of hydrogen-bond donors (Lipinski definition) is 5. The molecule has 3 amide bonds. The van der Waals surface area contributed by atoms with Crippen LogP contribution in [0, 0.1) is 5.92 Å². The lowest BCUT2D eigenvalue weighted by Crippen LogP contribution is -2.57.